The van der Waals surface area contributed by atoms with Gasteiger partial charge in [-0.3, -0.25) is 14.6 Å². The second kappa shape index (κ2) is 7.97. The number of amides is 2. The molecule has 6 heteroatoms. The van der Waals surface area contributed by atoms with E-state index in [9.17, 15) is 9.59 Å². The Hall–Kier alpha value is -1.95. The highest BCUT2D eigenvalue weighted by molar-refractivity contribution is 5.95. The molecule has 2 aliphatic rings. The third-order valence-electron chi connectivity index (χ3n) is 5.56. The molecule has 148 valence electrons. The second-order valence-electron chi connectivity index (χ2n) is 8.18. The molecule has 2 saturated carbocycles. The van der Waals surface area contributed by atoms with Gasteiger partial charge in [-0.25, -0.2) is 0 Å². The van der Waals surface area contributed by atoms with Crippen LogP contribution in [0.5, 0.6) is 0 Å². The minimum Gasteiger partial charge on any atom is -0.371 e. The monoisotopic (exact) mass is 373 g/mol. The molecule has 0 saturated heterocycles. The predicted octanol–water partition coefficient (Wildman–Crippen LogP) is 2.57. The lowest BCUT2D eigenvalue weighted by atomic mass is 10.0. The van der Waals surface area contributed by atoms with Crippen LogP contribution in [0.2, 0.25) is 0 Å². The summed E-state index contributed by atoms with van der Waals surface area (Å²) in [7, 11) is 1.59. The van der Waals surface area contributed by atoms with Gasteiger partial charge in [0.2, 0.25) is 5.91 Å². The molecule has 3 rings (SSSR count). The van der Waals surface area contributed by atoms with E-state index in [2.05, 4.69) is 29.5 Å². The Bertz CT molecular complexity index is 709. The first-order valence-corrected chi connectivity index (χ1v) is 10.0. The van der Waals surface area contributed by atoms with Crippen molar-refractivity contribution in [3.8, 4) is 0 Å². The molecular weight excluding hydrogens is 342 g/mol. The second-order valence-corrected chi connectivity index (χ2v) is 8.18. The summed E-state index contributed by atoms with van der Waals surface area (Å²) in [5.41, 5.74) is 2.12. The molecule has 0 aromatic carbocycles. The first kappa shape index (κ1) is 19.8. The SMILES string of the molecule is CCc1nc(C(C)C)ccc1C(=O)NCC1(NC(=O)C(OC)C2CC2)CC1. The van der Waals surface area contributed by atoms with Gasteiger partial charge in [0.05, 0.1) is 16.8 Å². The minimum atomic E-state index is -0.363. The number of rotatable bonds is 9. The van der Waals surface area contributed by atoms with E-state index in [1.54, 1.807) is 7.11 Å². The van der Waals surface area contributed by atoms with Crippen LogP contribution >= 0.6 is 0 Å². The molecule has 2 aliphatic carbocycles. The van der Waals surface area contributed by atoms with Crippen molar-refractivity contribution in [1.29, 1.82) is 0 Å². The molecule has 1 heterocycles. The Morgan fingerprint density at radius 2 is 2.00 bits per heavy atom. The third kappa shape index (κ3) is 4.67. The Kier molecular flexibility index (Phi) is 5.84. The number of nitrogens with zero attached hydrogens (tertiary/aromatic N) is 1. The summed E-state index contributed by atoms with van der Waals surface area (Å²) >= 11 is 0. The Morgan fingerprint density at radius 3 is 2.52 bits per heavy atom. The average molecular weight is 373 g/mol. The van der Waals surface area contributed by atoms with Crippen LogP contribution in [0.15, 0.2) is 12.1 Å². The quantitative estimate of drug-likeness (QED) is 0.697. The number of aromatic nitrogens is 1. The van der Waals surface area contributed by atoms with Gasteiger partial charge in [-0.05, 0) is 56.1 Å². The number of ether oxygens (including phenoxy) is 1. The molecule has 6 nitrogen and oxygen atoms in total. The number of aryl methyl sites for hydroxylation is 1. The van der Waals surface area contributed by atoms with Crippen molar-refractivity contribution in [2.45, 2.75) is 70.4 Å². The molecule has 27 heavy (non-hydrogen) atoms. The molecule has 0 spiro atoms. The maximum absolute atomic E-state index is 12.7. The van der Waals surface area contributed by atoms with E-state index in [-0.39, 0.29) is 23.5 Å². The molecule has 0 bridgehead atoms. The molecule has 0 radical (unpaired) electrons. The fourth-order valence-corrected chi connectivity index (χ4v) is 3.40. The molecule has 2 fully saturated rings. The van der Waals surface area contributed by atoms with Crippen molar-refractivity contribution in [1.82, 2.24) is 15.6 Å². The van der Waals surface area contributed by atoms with Gasteiger partial charge in [-0.15, -0.1) is 0 Å². The van der Waals surface area contributed by atoms with E-state index in [0.29, 0.717) is 30.4 Å². The van der Waals surface area contributed by atoms with Crippen LogP contribution in [-0.2, 0) is 16.0 Å². The zero-order valence-corrected chi connectivity index (χ0v) is 16.8. The Morgan fingerprint density at radius 1 is 1.30 bits per heavy atom. The van der Waals surface area contributed by atoms with Crippen LogP contribution in [0, 0.1) is 5.92 Å². The van der Waals surface area contributed by atoms with E-state index in [1.807, 2.05) is 19.1 Å². The van der Waals surface area contributed by atoms with E-state index in [1.165, 1.54) is 0 Å². The number of pyridine rings is 1. The van der Waals surface area contributed by atoms with Crippen molar-refractivity contribution < 1.29 is 14.3 Å². The lowest BCUT2D eigenvalue weighted by molar-refractivity contribution is -0.133. The first-order valence-electron chi connectivity index (χ1n) is 10.0. The summed E-state index contributed by atoms with van der Waals surface area (Å²) in [6.45, 7) is 6.63. The summed E-state index contributed by atoms with van der Waals surface area (Å²) in [6, 6.07) is 3.79. The molecule has 0 aliphatic heterocycles. The van der Waals surface area contributed by atoms with Gasteiger partial charge < -0.3 is 15.4 Å². The van der Waals surface area contributed by atoms with Crippen LogP contribution in [0.3, 0.4) is 0 Å². The number of hydrogen-bond donors (Lipinski definition) is 2. The number of methoxy groups -OCH3 is 1. The fraction of sp³-hybridized carbons (Fsp3) is 0.667. The van der Waals surface area contributed by atoms with Gasteiger partial charge in [-0.1, -0.05) is 20.8 Å². The number of hydrogen-bond acceptors (Lipinski definition) is 4. The molecule has 1 aromatic rings. The van der Waals surface area contributed by atoms with Gasteiger partial charge in [0.1, 0.15) is 6.10 Å². The summed E-state index contributed by atoms with van der Waals surface area (Å²) in [4.78, 5) is 29.8. The highest BCUT2D eigenvalue weighted by Gasteiger charge is 2.47. The predicted molar refractivity (Wildman–Crippen MR) is 104 cm³/mol. The Balaban J connectivity index is 1.59. The molecule has 2 amide bonds. The topological polar surface area (TPSA) is 80.3 Å². The zero-order chi connectivity index (χ0) is 19.6. The fourth-order valence-electron chi connectivity index (χ4n) is 3.40. The van der Waals surface area contributed by atoms with Crippen LogP contribution in [0.4, 0.5) is 0 Å². The molecule has 2 N–H and O–H groups in total. The molecule has 1 unspecified atom stereocenters. The lowest BCUT2D eigenvalue weighted by Crippen LogP contribution is -2.50. The molecular formula is C21H31N3O3. The van der Waals surface area contributed by atoms with E-state index < -0.39 is 0 Å². The van der Waals surface area contributed by atoms with Gasteiger partial charge in [-0.2, -0.15) is 0 Å². The van der Waals surface area contributed by atoms with Crippen LogP contribution in [0.1, 0.15) is 74.1 Å². The van der Waals surface area contributed by atoms with E-state index in [4.69, 9.17) is 4.74 Å². The number of carbonyl (C=O) groups is 2. The van der Waals surface area contributed by atoms with Crippen LogP contribution in [-0.4, -0.2) is 42.1 Å². The number of carbonyl (C=O) groups excluding carboxylic acids is 2. The standard InChI is InChI=1S/C21H31N3O3/c1-5-16-15(8-9-17(23-16)13(2)3)19(25)22-12-21(10-11-21)24-20(26)18(27-4)14-6-7-14/h8-9,13-14,18H,5-7,10-12H2,1-4H3,(H,22,25)(H,24,26). The van der Waals surface area contributed by atoms with Crippen LogP contribution in [0.25, 0.3) is 0 Å². The van der Waals surface area contributed by atoms with Crippen molar-refractivity contribution in [3.63, 3.8) is 0 Å². The Labute approximate surface area is 161 Å². The normalized spacial score (nSPS) is 18.9. The largest absolute Gasteiger partial charge is 0.371 e. The summed E-state index contributed by atoms with van der Waals surface area (Å²) in [5.74, 6) is 0.500. The first-order chi connectivity index (χ1) is 12.9. The lowest BCUT2D eigenvalue weighted by Gasteiger charge is -2.22. The maximum Gasteiger partial charge on any atom is 0.253 e. The highest BCUT2D eigenvalue weighted by atomic mass is 16.5. The average Bonchev–Trinajstić information content (AvgIpc) is 3.57. The van der Waals surface area contributed by atoms with E-state index >= 15 is 0 Å². The van der Waals surface area contributed by atoms with Gasteiger partial charge in [0, 0.05) is 19.3 Å². The van der Waals surface area contributed by atoms with Crippen LogP contribution < -0.4 is 10.6 Å². The van der Waals surface area contributed by atoms with Crippen molar-refractivity contribution in [2.24, 2.45) is 5.92 Å². The minimum absolute atomic E-state index is 0.0519. The van der Waals surface area contributed by atoms with Gasteiger partial charge in [0.15, 0.2) is 0 Å². The van der Waals surface area contributed by atoms with Crippen molar-refractivity contribution in [2.75, 3.05) is 13.7 Å². The van der Waals surface area contributed by atoms with Crippen molar-refractivity contribution >= 4 is 11.8 Å². The third-order valence-corrected chi connectivity index (χ3v) is 5.56. The summed E-state index contributed by atoms with van der Waals surface area (Å²) < 4.78 is 5.36. The van der Waals surface area contributed by atoms with Gasteiger partial charge >= 0.3 is 0 Å². The molecule has 1 atom stereocenters. The summed E-state index contributed by atoms with van der Waals surface area (Å²) in [5, 5.41) is 6.10. The number of nitrogens with one attached hydrogen (secondary N) is 2. The highest BCUT2D eigenvalue weighted by Crippen LogP contribution is 2.38. The van der Waals surface area contributed by atoms with Gasteiger partial charge in [0.25, 0.3) is 5.91 Å². The zero-order valence-electron chi connectivity index (χ0n) is 16.8. The maximum atomic E-state index is 12.7. The van der Waals surface area contributed by atoms with Crippen molar-refractivity contribution in [3.05, 3.63) is 29.1 Å². The smallest absolute Gasteiger partial charge is 0.253 e. The summed E-state index contributed by atoms with van der Waals surface area (Å²) in [6.07, 6.45) is 4.21. The molecule has 1 aromatic heterocycles. The van der Waals surface area contributed by atoms with E-state index in [0.717, 1.165) is 37.1 Å².